The first-order chi connectivity index (χ1) is 7.81. The van der Waals surface area contributed by atoms with Crippen molar-refractivity contribution >= 4 is 5.91 Å². The molecule has 0 spiro atoms. The molecule has 2 nitrogen and oxygen atoms in total. The van der Waals surface area contributed by atoms with Crippen LogP contribution in [-0.2, 0) is 4.79 Å². The highest BCUT2D eigenvalue weighted by atomic mass is 16.1. The van der Waals surface area contributed by atoms with E-state index in [1.165, 1.54) is 38.5 Å². The number of hydrogen-bond acceptors (Lipinski definition) is 1. The summed E-state index contributed by atoms with van der Waals surface area (Å²) in [5.41, 5.74) is 0. The fourth-order valence-corrected chi connectivity index (χ4v) is 1.50. The molecule has 0 rings (SSSR count). The standard InChI is InChI=1S/C14H26NO/c1-3-5-6-7-8-9-10-11-12-14(16)15-13-4-2/h11-12H,2-10,13H2,1H3,(H,15,16). The Morgan fingerprint density at radius 1 is 1.19 bits per heavy atom. The Bertz CT molecular complexity index is 187. The maximum atomic E-state index is 11.2. The molecule has 0 fully saturated rings. The third-order valence-electron chi connectivity index (χ3n) is 2.47. The number of hydrogen-bond donors (Lipinski definition) is 1. The molecular formula is C14H26NO. The molecule has 93 valence electrons. The first kappa shape index (κ1) is 15.2. The summed E-state index contributed by atoms with van der Waals surface area (Å²) in [6.45, 7) is 6.56. The van der Waals surface area contributed by atoms with Gasteiger partial charge in [0.15, 0.2) is 0 Å². The number of nitrogens with one attached hydrogen (secondary N) is 1. The van der Waals surface area contributed by atoms with E-state index in [-0.39, 0.29) is 5.91 Å². The smallest absolute Gasteiger partial charge is 0.243 e. The summed E-state index contributed by atoms with van der Waals surface area (Å²) in [6.07, 6.45) is 13.2. The summed E-state index contributed by atoms with van der Waals surface area (Å²) in [5, 5.41) is 2.76. The van der Waals surface area contributed by atoms with Crippen molar-refractivity contribution in [3.8, 4) is 0 Å². The minimum atomic E-state index is 0.00892. The molecule has 0 bridgehead atoms. The van der Waals surface area contributed by atoms with E-state index in [0.717, 1.165) is 12.8 Å². The lowest BCUT2D eigenvalue weighted by Gasteiger charge is -1.98. The highest BCUT2D eigenvalue weighted by molar-refractivity contribution is 5.87. The number of unbranched alkanes of at least 4 members (excludes halogenated alkanes) is 6. The summed E-state index contributed by atoms with van der Waals surface area (Å²) in [6, 6.07) is 0. The van der Waals surface area contributed by atoms with E-state index in [0.29, 0.717) is 6.54 Å². The predicted molar refractivity (Wildman–Crippen MR) is 70.1 cm³/mol. The van der Waals surface area contributed by atoms with Gasteiger partial charge in [0.1, 0.15) is 0 Å². The molecule has 0 saturated heterocycles. The fourth-order valence-electron chi connectivity index (χ4n) is 1.50. The maximum absolute atomic E-state index is 11.2. The highest BCUT2D eigenvalue weighted by Gasteiger charge is 1.92. The van der Waals surface area contributed by atoms with E-state index < -0.39 is 0 Å². The zero-order valence-electron chi connectivity index (χ0n) is 10.6. The van der Waals surface area contributed by atoms with Crippen molar-refractivity contribution in [2.45, 2.75) is 58.3 Å². The van der Waals surface area contributed by atoms with Gasteiger partial charge in [0, 0.05) is 6.54 Å². The predicted octanol–water partition coefficient (Wildman–Crippen LogP) is 3.63. The second-order valence-electron chi connectivity index (χ2n) is 4.10. The summed E-state index contributed by atoms with van der Waals surface area (Å²) in [5.74, 6) is 0.00892. The van der Waals surface area contributed by atoms with Gasteiger partial charge in [-0.05, 0) is 25.3 Å². The molecule has 0 aliphatic heterocycles. The van der Waals surface area contributed by atoms with Crippen molar-refractivity contribution in [2.75, 3.05) is 6.54 Å². The number of rotatable bonds is 10. The van der Waals surface area contributed by atoms with Gasteiger partial charge < -0.3 is 5.32 Å². The van der Waals surface area contributed by atoms with Crippen molar-refractivity contribution in [2.24, 2.45) is 0 Å². The van der Waals surface area contributed by atoms with Crippen molar-refractivity contribution in [3.05, 3.63) is 19.1 Å². The SMILES string of the molecule is [CH2]CCNC(=O)C=CCCCCCCCC. The Hall–Kier alpha value is -0.790. The van der Waals surface area contributed by atoms with Gasteiger partial charge in [-0.25, -0.2) is 0 Å². The van der Waals surface area contributed by atoms with Gasteiger partial charge in [0.2, 0.25) is 5.91 Å². The summed E-state index contributed by atoms with van der Waals surface area (Å²) in [7, 11) is 0. The van der Waals surface area contributed by atoms with Crippen LogP contribution in [0.4, 0.5) is 0 Å². The second kappa shape index (κ2) is 12.3. The van der Waals surface area contributed by atoms with Crippen LogP contribution in [0.3, 0.4) is 0 Å². The van der Waals surface area contributed by atoms with Crippen LogP contribution in [0.5, 0.6) is 0 Å². The lowest BCUT2D eigenvalue weighted by Crippen LogP contribution is -2.21. The number of amides is 1. The molecule has 1 amide bonds. The molecule has 0 saturated carbocycles. The van der Waals surface area contributed by atoms with Crippen LogP contribution < -0.4 is 5.32 Å². The number of carbonyl (C=O) groups excluding carboxylic acids is 1. The van der Waals surface area contributed by atoms with Crippen LogP contribution >= 0.6 is 0 Å². The van der Waals surface area contributed by atoms with Crippen molar-refractivity contribution in [1.29, 1.82) is 0 Å². The van der Waals surface area contributed by atoms with E-state index in [2.05, 4.69) is 19.2 Å². The van der Waals surface area contributed by atoms with Crippen molar-refractivity contribution in [3.63, 3.8) is 0 Å². The Balaban J connectivity index is 3.23. The molecule has 0 aromatic rings. The van der Waals surface area contributed by atoms with Crippen LogP contribution in [0.25, 0.3) is 0 Å². The summed E-state index contributed by atoms with van der Waals surface area (Å²) >= 11 is 0. The Morgan fingerprint density at radius 3 is 2.56 bits per heavy atom. The van der Waals surface area contributed by atoms with E-state index >= 15 is 0 Å². The maximum Gasteiger partial charge on any atom is 0.243 e. The second-order valence-corrected chi connectivity index (χ2v) is 4.10. The van der Waals surface area contributed by atoms with Gasteiger partial charge in [0.25, 0.3) is 0 Å². The third kappa shape index (κ3) is 11.3. The van der Waals surface area contributed by atoms with Crippen LogP contribution in [0.15, 0.2) is 12.2 Å². The molecule has 0 unspecified atom stereocenters. The van der Waals surface area contributed by atoms with Gasteiger partial charge in [-0.15, -0.1) is 0 Å². The minimum Gasteiger partial charge on any atom is -0.353 e. The van der Waals surface area contributed by atoms with Crippen LogP contribution in [0.2, 0.25) is 0 Å². The fraction of sp³-hybridized carbons (Fsp3) is 0.714. The van der Waals surface area contributed by atoms with Gasteiger partial charge in [-0.2, -0.15) is 0 Å². The summed E-state index contributed by atoms with van der Waals surface area (Å²) < 4.78 is 0. The molecular weight excluding hydrogens is 198 g/mol. The Labute approximate surface area is 101 Å². The molecule has 0 aliphatic rings. The van der Waals surface area contributed by atoms with Gasteiger partial charge in [0.05, 0.1) is 0 Å². The van der Waals surface area contributed by atoms with Crippen molar-refractivity contribution < 1.29 is 4.79 Å². The first-order valence-corrected chi connectivity index (χ1v) is 6.55. The summed E-state index contributed by atoms with van der Waals surface area (Å²) in [4.78, 5) is 11.2. The lowest BCUT2D eigenvalue weighted by molar-refractivity contribution is -0.116. The van der Waals surface area contributed by atoms with Gasteiger partial charge in [-0.3, -0.25) is 4.79 Å². The number of carbonyl (C=O) groups is 1. The monoisotopic (exact) mass is 224 g/mol. The molecule has 16 heavy (non-hydrogen) atoms. The van der Waals surface area contributed by atoms with E-state index in [1.54, 1.807) is 6.08 Å². The molecule has 1 radical (unpaired) electrons. The highest BCUT2D eigenvalue weighted by Crippen LogP contribution is 2.06. The average Bonchev–Trinajstić information content (AvgIpc) is 2.30. The van der Waals surface area contributed by atoms with E-state index in [9.17, 15) is 4.79 Å². The van der Waals surface area contributed by atoms with Crippen LogP contribution in [0.1, 0.15) is 58.3 Å². The lowest BCUT2D eigenvalue weighted by atomic mass is 10.1. The average molecular weight is 224 g/mol. The first-order valence-electron chi connectivity index (χ1n) is 6.55. The van der Waals surface area contributed by atoms with Crippen LogP contribution in [-0.4, -0.2) is 12.5 Å². The van der Waals surface area contributed by atoms with Crippen molar-refractivity contribution in [1.82, 2.24) is 5.32 Å². The molecule has 2 heteroatoms. The normalized spacial score (nSPS) is 10.9. The molecule has 0 aromatic heterocycles. The molecule has 1 N–H and O–H groups in total. The van der Waals surface area contributed by atoms with E-state index in [4.69, 9.17) is 0 Å². The molecule has 0 atom stereocenters. The van der Waals surface area contributed by atoms with E-state index in [1.807, 2.05) is 6.08 Å². The quantitative estimate of drug-likeness (QED) is 0.445. The molecule has 0 aliphatic carbocycles. The Morgan fingerprint density at radius 2 is 1.88 bits per heavy atom. The third-order valence-corrected chi connectivity index (χ3v) is 2.47. The zero-order chi connectivity index (χ0) is 12.1. The molecule has 0 heterocycles. The Kier molecular flexibility index (Phi) is 11.7. The topological polar surface area (TPSA) is 29.1 Å². The number of allylic oxidation sites excluding steroid dienone is 1. The van der Waals surface area contributed by atoms with Crippen LogP contribution in [0, 0.1) is 6.92 Å². The minimum absolute atomic E-state index is 0.00892. The zero-order valence-corrected chi connectivity index (χ0v) is 10.6. The van der Waals surface area contributed by atoms with Gasteiger partial charge in [-0.1, -0.05) is 52.0 Å². The largest absolute Gasteiger partial charge is 0.353 e. The molecule has 0 aromatic carbocycles. The van der Waals surface area contributed by atoms with Gasteiger partial charge >= 0.3 is 0 Å².